The highest BCUT2D eigenvalue weighted by Crippen LogP contribution is 2.28. The van der Waals surface area contributed by atoms with E-state index in [0.717, 1.165) is 11.3 Å². The Morgan fingerprint density at radius 2 is 1.71 bits per heavy atom. The molecule has 0 aromatic heterocycles. The average Bonchev–Trinajstić information content (AvgIpc) is 2.75. The molecule has 0 saturated heterocycles. The number of carbonyl (C=O) groups is 2. The van der Waals surface area contributed by atoms with Gasteiger partial charge >= 0.3 is 0 Å². The molecule has 1 N–H and O–H groups in total. The lowest BCUT2D eigenvalue weighted by Gasteiger charge is -2.26. The first kappa shape index (κ1) is 21.3. The van der Waals surface area contributed by atoms with Gasteiger partial charge in [0.25, 0.3) is 5.91 Å². The number of methoxy groups -OCH3 is 2. The van der Waals surface area contributed by atoms with Crippen LogP contribution in [0.1, 0.15) is 41.7 Å². The molecule has 1 unspecified atom stereocenters. The van der Waals surface area contributed by atoms with E-state index in [1.807, 2.05) is 31.2 Å². The number of hydrogen-bond donors (Lipinski definition) is 1. The summed E-state index contributed by atoms with van der Waals surface area (Å²) in [6.07, 6.45) is 0.933. The van der Waals surface area contributed by atoms with Crippen molar-refractivity contribution in [2.24, 2.45) is 0 Å². The minimum absolute atomic E-state index is 0.0251. The molecular formula is C22H28N2O4. The lowest BCUT2D eigenvalue weighted by Crippen LogP contribution is -2.31. The second-order valence-electron chi connectivity index (χ2n) is 6.51. The van der Waals surface area contributed by atoms with Crippen molar-refractivity contribution >= 4 is 11.8 Å². The Kier molecular flexibility index (Phi) is 7.87. The van der Waals surface area contributed by atoms with Crippen LogP contribution in [0.25, 0.3) is 0 Å². The minimum Gasteiger partial charge on any atom is -0.497 e. The summed E-state index contributed by atoms with van der Waals surface area (Å²) in [5.41, 5.74) is 1.53. The first-order chi connectivity index (χ1) is 13.5. The van der Waals surface area contributed by atoms with E-state index in [2.05, 4.69) is 5.32 Å². The lowest BCUT2D eigenvalue weighted by molar-refractivity contribution is -0.131. The number of nitrogens with zero attached hydrogens (tertiary/aromatic N) is 1. The van der Waals surface area contributed by atoms with Crippen LogP contribution in [-0.4, -0.2) is 44.5 Å². The highest BCUT2D eigenvalue weighted by atomic mass is 16.5. The second kappa shape index (κ2) is 10.3. The molecular weight excluding hydrogens is 356 g/mol. The van der Waals surface area contributed by atoms with Crippen molar-refractivity contribution in [1.82, 2.24) is 10.2 Å². The zero-order valence-corrected chi connectivity index (χ0v) is 16.9. The van der Waals surface area contributed by atoms with Crippen molar-refractivity contribution in [3.05, 3.63) is 59.7 Å². The number of ether oxygens (including phenoxy) is 2. The van der Waals surface area contributed by atoms with Crippen molar-refractivity contribution in [3.8, 4) is 11.5 Å². The molecule has 150 valence electrons. The molecule has 0 radical (unpaired) electrons. The number of carbonyl (C=O) groups excluding carboxylic acids is 2. The molecule has 2 amide bonds. The van der Waals surface area contributed by atoms with E-state index in [0.29, 0.717) is 30.7 Å². The van der Waals surface area contributed by atoms with E-state index < -0.39 is 0 Å². The summed E-state index contributed by atoms with van der Waals surface area (Å²) in [6, 6.07) is 14.5. The Balaban J connectivity index is 1.80. The monoisotopic (exact) mass is 384 g/mol. The van der Waals surface area contributed by atoms with E-state index in [1.54, 1.807) is 50.4 Å². The van der Waals surface area contributed by atoms with Gasteiger partial charge in [0.1, 0.15) is 11.5 Å². The maximum absolute atomic E-state index is 12.5. The molecule has 2 aromatic rings. The molecule has 0 aliphatic carbocycles. The maximum Gasteiger partial charge on any atom is 0.251 e. The van der Waals surface area contributed by atoms with E-state index >= 15 is 0 Å². The Hall–Kier alpha value is -3.02. The van der Waals surface area contributed by atoms with Crippen molar-refractivity contribution < 1.29 is 19.1 Å². The van der Waals surface area contributed by atoms with E-state index in [9.17, 15) is 9.59 Å². The minimum atomic E-state index is -0.161. The molecule has 0 bridgehead atoms. The predicted molar refractivity (Wildman–Crippen MR) is 109 cm³/mol. The average molecular weight is 384 g/mol. The van der Waals surface area contributed by atoms with Crippen LogP contribution in [0.2, 0.25) is 0 Å². The van der Waals surface area contributed by atoms with Crippen LogP contribution in [-0.2, 0) is 4.79 Å². The largest absolute Gasteiger partial charge is 0.497 e. The molecule has 0 spiro atoms. The van der Waals surface area contributed by atoms with E-state index in [1.165, 1.54) is 0 Å². The fraction of sp³-hybridized carbons (Fsp3) is 0.364. The Morgan fingerprint density at radius 3 is 2.36 bits per heavy atom. The van der Waals surface area contributed by atoms with Crippen LogP contribution >= 0.6 is 0 Å². The molecule has 2 aromatic carbocycles. The first-order valence-electron chi connectivity index (χ1n) is 9.28. The number of nitrogens with one attached hydrogen (secondary N) is 1. The van der Waals surface area contributed by atoms with Crippen molar-refractivity contribution in [1.29, 1.82) is 0 Å². The van der Waals surface area contributed by atoms with Crippen LogP contribution in [0.15, 0.2) is 48.5 Å². The van der Waals surface area contributed by atoms with E-state index in [4.69, 9.17) is 9.47 Å². The highest BCUT2D eigenvalue weighted by molar-refractivity contribution is 5.94. The Bertz CT molecular complexity index is 789. The predicted octanol–water partition coefficient (Wildman–Crippen LogP) is 3.43. The molecule has 0 fully saturated rings. The summed E-state index contributed by atoms with van der Waals surface area (Å²) in [5.74, 6) is 1.33. The standard InChI is InChI=1S/C22H28N2O4/c1-16(19-8-5-6-9-20(19)28-4)24(2)21(25)10-7-15-23-22(26)17-11-13-18(27-3)14-12-17/h5-6,8-9,11-14,16H,7,10,15H2,1-4H3,(H,23,26). The maximum atomic E-state index is 12.5. The Morgan fingerprint density at radius 1 is 1.04 bits per heavy atom. The highest BCUT2D eigenvalue weighted by Gasteiger charge is 2.19. The number of amides is 2. The van der Waals surface area contributed by atoms with Gasteiger partial charge in [-0.25, -0.2) is 0 Å². The van der Waals surface area contributed by atoms with Gasteiger partial charge in [0, 0.05) is 31.1 Å². The van der Waals surface area contributed by atoms with Gasteiger partial charge in [0.2, 0.25) is 5.91 Å². The van der Waals surface area contributed by atoms with Crippen molar-refractivity contribution in [2.75, 3.05) is 27.8 Å². The molecule has 2 rings (SSSR count). The molecule has 6 heteroatoms. The van der Waals surface area contributed by atoms with Gasteiger partial charge in [-0.2, -0.15) is 0 Å². The van der Waals surface area contributed by atoms with Crippen LogP contribution < -0.4 is 14.8 Å². The molecule has 0 aliphatic rings. The van der Waals surface area contributed by atoms with Crippen LogP contribution in [0.4, 0.5) is 0 Å². The van der Waals surface area contributed by atoms with Crippen molar-refractivity contribution in [2.45, 2.75) is 25.8 Å². The van der Waals surface area contributed by atoms with Gasteiger partial charge in [-0.1, -0.05) is 18.2 Å². The molecule has 28 heavy (non-hydrogen) atoms. The normalized spacial score (nSPS) is 11.4. The fourth-order valence-corrected chi connectivity index (χ4v) is 2.90. The SMILES string of the molecule is COc1ccc(C(=O)NCCCC(=O)N(C)C(C)c2ccccc2OC)cc1. The third kappa shape index (κ3) is 5.49. The zero-order chi connectivity index (χ0) is 20.5. The molecule has 0 aliphatic heterocycles. The third-order valence-corrected chi connectivity index (χ3v) is 4.77. The van der Waals surface area contributed by atoms with Gasteiger partial charge < -0.3 is 19.7 Å². The summed E-state index contributed by atoms with van der Waals surface area (Å²) >= 11 is 0. The quantitative estimate of drug-likeness (QED) is 0.673. The summed E-state index contributed by atoms with van der Waals surface area (Å²) in [5, 5.41) is 2.84. The Labute approximate surface area is 166 Å². The summed E-state index contributed by atoms with van der Waals surface area (Å²) in [6.45, 7) is 2.41. The number of hydrogen-bond acceptors (Lipinski definition) is 4. The molecule has 1 atom stereocenters. The van der Waals surface area contributed by atoms with Gasteiger partial charge in [-0.05, 0) is 43.7 Å². The molecule has 6 nitrogen and oxygen atoms in total. The summed E-state index contributed by atoms with van der Waals surface area (Å²) in [4.78, 5) is 26.3. The lowest BCUT2D eigenvalue weighted by atomic mass is 10.1. The van der Waals surface area contributed by atoms with Crippen LogP contribution in [0.5, 0.6) is 11.5 Å². The van der Waals surface area contributed by atoms with Gasteiger partial charge in [-0.3, -0.25) is 9.59 Å². The van der Waals surface area contributed by atoms with E-state index in [-0.39, 0.29) is 17.9 Å². The van der Waals surface area contributed by atoms with Crippen molar-refractivity contribution in [3.63, 3.8) is 0 Å². The smallest absolute Gasteiger partial charge is 0.251 e. The summed E-state index contributed by atoms with van der Waals surface area (Å²) < 4.78 is 10.5. The topological polar surface area (TPSA) is 67.9 Å². The van der Waals surface area contributed by atoms with Crippen LogP contribution in [0, 0.1) is 0 Å². The zero-order valence-electron chi connectivity index (χ0n) is 16.9. The van der Waals surface area contributed by atoms with Gasteiger partial charge in [-0.15, -0.1) is 0 Å². The first-order valence-corrected chi connectivity index (χ1v) is 9.28. The third-order valence-electron chi connectivity index (χ3n) is 4.77. The number of para-hydroxylation sites is 1. The number of rotatable bonds is 9. The van der Waals surface area contributed by atoms with Gasteiger partial charge in [0.05, 0.1) is 20.3 Å². The number of benzene rings is 2. The second-order valence-corrected chi connectivity index (χ2v) is 6.51. The summed E-state index contributed by atoms with van der Waals surface area (Å²) in [7, 11) is 4.99. The fourth-order valence-electron chi connectivity index (χ4n) is 2.90. The molecule has 0 saturated carbocycles. The van der Waals surface area contributed by atoms with Crippen LogP contribution in [0.3, 0.4) is 0 Å². The van der Waals surface area contributed by atoms with Gasteiger partial charge in [0.15, 0.2) is 0 Å². The molecule has 0 heterocycles.